The van der Waals surface area contributed by atoms with Gasteiger partial charge in [-0.15, -0.1) is 11.3 Å². The number of aryl methyl sites for hydroxylation is 1. The number of hydrogen-bond acceptors (Lipinski definition) is 3. The van der Waals surface area contributed by atoms with Gasteiger partial charge in [-0.25, -0.2) is 4.98 Å². The molecular formula is C23H16Cl2N2OS. The predicted molar refractivity (Wildman–Crippen MR) is 122 cm³/mol. The van der Waals surface area contributed by atoms with Crippen LogP contribution in [0, 0.1) is 6.92 Å². The highest BCUT2D eigenvalue weighted by molar-refractivity contribution is 7.13. The summed E-state index contributed by atoms with van der Waals surface area (Å²) in [4.78, 5) is 17.2. The van der Waals surface area contributed by atoms with Gasteiger partial charge in [0.1, 0.15) is 5.01 Å². The molecule has 1 aromatic heterocycles. The number of anilines is 1. The lowest BCUT2D eigenvalue weighted by molar-refractivity contribution is 0.102. The van der Waals surface area contributed by atoms with Crippen molar-refractivity contribution in [2.24, 2.45) is 0 Å². The molecule has 0 fully saturated rings. The number of rotatable bonds is 4. The van der Waals surface area contributed by atoms with Crippen LogP contribution in [0.2, 0.25) is 10.0 Å². The minimum atomic E-state index is -0.282. The van der Waals surface area contributed by atoms with Crippen LogP contribution >= 0.6 is 34.5 Å². The summed E-state index contributed by atoms with van der Waals surface area (Å²) in [6.45, 7) is 2.08. The molecule has 0 saturated heterocycles. The van der Waals surface area contributed by atoms with Crippen LogP contribution in [0.15, 0.2) is 72.1 Å². The van der Waals surface area contributed by atoms with Gasteiger partial charge in [0.05, 0.1) is 16.3 Å². The van der Waals surface area contributed by atoms with Gasteiger partial charge < -0.3 is 5.32 Å². The monoisotopic (exact) mass is 438 g/mol. The lowest BCUT2D eigenvalue weighted by Crippen LogP contribution is -2.12. The molecule has 4 aromatic rings. The summed E-state index contributed by atoms with van der Waals surface area (Å²) < 4.78 is 0. The van der Waals surface area contributed by atoms with E-state index in [2.05, 4.69) is 24.4 Å². The maximum atomic E-state index is 12.4. The van der Waals surface area contributed by atoms with Crippen LogP contribution in [0.5, 0.6) is 0 Å². The molecule has 3 nitrogen and oxygen atoms in total. The molecule has 0 aliphatic carbocycles. The maximum absolute atomic E-state index is 12.4. The van der Waals surface area contributed by atoms with Crippen molar-refractivity contribution in [3.63, 3.8) is 0 Å². The normalized spacial score (nSPS) is 10.7. The highest BCUT2D eigenvalue weighted by Crippen LogP contribution is 2.31. The Morgan fingerprint density at radius 1 is 1.00 bits per heavy atom. The number of benzene rings is 3. The van der Waals surface area contributed by atoms with Crippen molar-refractivity contribution in [1.29, 1.82) is 0 Å². The fourth-order valence-corrected chi connectivity index (χ4v) is 4.35. The van der Waals surface area contributed by atoms with Gasteiger partial charge >= 0.3 is 0 Å². The smallest absolute Gasteiger partial charge is 0.257 e. The first kappa shape index (κ1) is 19.6. The Labute approximate surface area is 183 Å². The molecule has 0 saturated carbocycles. The van der Waals surface area contributed by atoms with Crippen LogP contribution in [0.1, 0.15) is 15.9 Å². The van der Waals surface area contributed by atoms with Crippen LogP contribution in [0.4, 0.5) is 5.69 Å². The Bertz CT molecular complexity index is 1190. The van der Waals surface area contributed by atoms with Gasteiger partial charge in [0, 0.05) is 27.2 Å². The molecule has 0 bridgehead atoms. The van der Waals surface area contributed by atoms with Crippen LogP contribution in [0.3, 0.4) is 0 Å². The summed E-state index contributed by atoms with van der Waals surface area (Å²) in [5.74, 6) is -0.282. The number of nitrogens with one attached hydrogen (secondary N) is 1. The van der Waals surface area contributed by atoms with Crippen LogP contribution in [-0.2, 0) is 0 Å². The zero-order chi connectivity index (χ0) is 20.4. The summed E-state index contributed by atoms with van der Waals surface area (Å²) in [5.41, 5.74) is 5.30. The second-order valence-corrected chi connectivity index (χ2v) is 8.21. The van der Waals surface area contributed by atoms with Gasteiger partial charge in [-0.1, -0.05) is 59.6 Å². The zero-order valence-corrected chi connectivity index (χ0v) is 17.8. The molecule has 0 atom stereocenters. The Kier molecular flexibility index (Phi) is 5.67. The predicted octanol–water partition coefficient (Wildman–Crippen LogP) is 7.34. The molecule has 29 heavy (non-hydrogen) atoms. The van der Waals surface area contributed by atoms with Gasteiger partial charge in [-0.05, 0) is 42.8 Å². The Morgan fingerprint density at radius 3 is 2.48 bits per heavy atom. The first-order chi connectivity index (χ1) is 14.0. The van der Waals surface area contributed by atoms with E-state index in [1.807, 2.05) is 41.8 Å². The third-order valence-electron chi connectivity index (χ3n) is 4.49. The highest BCUT2D eigenvalue weighted by atomic mass is 35.5. The van der Waals surface area contributed by atoms with E-state index in [-0.39, 0.29) is 5.91 Å². The summed E-state index contributed by atoms with van der Waals surface area (Å²) in [6.07, 6.45) is 0. The standard InChI is InChI=1S/C23H16Cl2N2OS/c1-14-4-2-3-5-18(14)23-27-21(13-29-23)15-6-9-17(10-7-15)26-22(28)19-11-8-16(24)12-20(19)25/h2-13H,1H3,(H,26,28). The Morgan fingerprint density at radius 2 is 1.76 bits per heavy atom. The van der Waals surface area contributed by atoms with Crippen LogP contribution in [0.25, 0.3) is 21.8 Å². The summed E-state index contributed by atoms with van der Waals surface area (Å²) in [7, 11) is 0. The zero-order valence-electron chi connectivity index (χ0n) is 15.4. The van der Waals surface area contributed by atoms with Crippen molar-refractivity contribution in [2.75, 3.05) is 5.32 Å². The second-order valence-electron chi connectivity index (χ2n) is 6.51. The van der Waals surface area contributed by atoms with E-state index < -0.39 is 0 Å². The molecule has 0 spiro atoms. The molecule has 1 amide bonds. The lowest BCUT2D eigenvalue weighted by Gasteiger charge is -2.08. The first-order valence-corrected chi connectivity index (χ1v) is 10.5. The van der Waals surface area contributed by atoms with E-state index in [1.165, 1.54) is 5.56 Å². The number of carbonyl (C=O) groups excluding carboxylic acids is 1. The van der Waals surface area contributed by atoms with Crippen molar-refractivity contribution < 1.29 is 4.79 Å². The lowest BCUT2D eigenvalue weighted by atomic mass is 10.1. The topological polar surface area (TPSA) is 42.0 Å². The highest BCUT2D eigenvalue weighted by Gasteiger charge is 2.12. The van der Waals surface area contributed by atoms with Gasteiger partial charge in [0.15, 0.2) is 0 Å². The molecule has 144 valence electrons. The molecule has 4 rings (SSSR count). The van der Waals surface area contributed by atoms with Gasteiger partial charge in [0.2, 0.25) is 0 Å². The fraction of sp³-hybridized carbons (Fsp3) is 0.0435. The minimum absolute atomic E-state index is 0.282. The number of thiazole rings is 1. The summed E-state index contributed by atoms with van der Waals surface area (Å²) in [5, 5.41) is 6.70. The van der Waals surface area contributed by atoms with Gasteiger partial charge in [-0.2, -0.15) is 0 Å². The number of amides is 1. The van der Waals surface area contributed by atoms with Crippen molar-refractivity contribution in [3.8, 4) is 21.8 Å². The number of hydrogen-bond donors (Lipinski definition) is 1. The fourth-order valence-electron chi connectivity index (χ4n) is 2.94. The summed E-state index contributed by atoms with van der Waals surface area (Å²) in [6, 6.07) is 20.6. The largest absolute Gasteiger partial charge is 0.322 e. The van der Waals surface area contributed by atoms with Crippen molar-refractivity contribution in [1.82, 2.24) is 4.98 Å². The van der Waals surface area contributed by atoms with E-state index in [0.717, 1.165) is 21.8 Å². The molecule has 0 aliphatic heterocycles. The maximum Gasteiger partial charge on any atom is 0.257 e. The van der Waals surface area contributed by atoms with Crippen molar-refractivity contribution >= 4 is 46.1 Å². The van der Waals surface area contributed by atoms with E-state index >= 15 is 0 Å². The average molecular weight is 439 g/mol. The first-order valence-electron chi connectivity index (χ1n) is 8.89. The number of aromatic nitrogens is 1. The van der Waals surface area contributed by atoms with E-state index in [9.17, 15) is 4.79 Å². The molecule has 6 heteroatoms. The van der Waals surface area contributed by atoms with Crippen molar-refractivity contribution in [2.45, 2.75) is 6.92 Å². The van der Waals surface area contributed by atoms with E-state index in [0.29, 0.717) is 21.3 Å². The molecular weight excluding hydrogens is 423 g/mol. The average Bonchev–Trinajstić information content (AvgIpc) is 3.18. The number of carbonyl (C=O) groups is 1. The molecule has 0 radical (unpaired) electrons. The molecule has 1 N–H and O–H groups in total. The van der Waals surface area contributed by atoms with Gasteiger partial charge in [-0.3, -0.25) is 4.79 Å². The molecule has 0 unspecified atom stereocenters. The SMILES string of the molecule is Cc1ccccc1-c1nc(-c2ccc(NC(=O)c3ccc(Cl)cc3Cl)cc2)cs1. The quantitative estimate of drug-likeness (QED) is 0.361. The third kappa shape index (κ3) is 4.35. The number of nitrogens with zero attached hydrogens (tertiary/aromatic N) is 1. The Hall–Kier alpha value is -2.66. The van der Waals surface area contributed by atoms with Crippen molar-refractivity contribution in [3.05, 3.63) is 93.3 Å². The molecule has 0 aliphatic rings. The molecule has 3 aromatic carbocycles. The summed E-state index contributed by atoms with van der Waals surface area (Å²) >= 11 is 13.6. The second kappa shape index (κ2) is 8.37. The van der Waals surface area contributed by atoms with Crippen LogP contribution < -0.4 is 5.32 Å². The third-order valence-corrected chi connectivity index (χ3v) is 5.92. The van der Waals surface area contributed by atoms with Crippen LogP contribution in [-0.4, -0.2) is 10.9 Å². The Balaban J connectivity index is 1.51. The van der Waals surface area contributed by atoms with E-state index in [1.54, 1.807) is 29.5 Å². The molecule has 1 heterocycles. The minimum Gasteiger partial charge on any atom is -0.322 e. The van der Waals surface area contributed by atoms with Gasteiger partial charge in [0.25, 0.3) is 5.91 Å². The number of halogens is 2. The van der Waals surface area contributed by atoms with E-state index in [4.69, 9.17) is 28.2 Å².